The molecular weight excluding hydrogens is 236 g/mol. The van der Waals surface area contributed by atoms with Gasteiger partial charge in [-0.2, -0.15) is 0 Å². The number of hydrogen-bond acceptors (Lipinski definition) is 3. The number of nitro groups is 1. The van der Waals surface area contributed by atoms with E-state index in [1.54, 1.807) is 12.4 Å². The molecule has 0 aliphatic rings. The molecule has 0 radical (unpaired) electrons. The minimum atomic E-state index is -0.505. The van der Waals surface area contributed by atoms with Gasteiger partial charge in [-0.25, -0.2) is 0 Å². The lowest BCUT2D eigenvalue weighted by atomic mass is 10.2. The van der Waals surface area contributed by atoms with E-state index in [0.29, 0.717) is 5.56 Å². The fourth-order valence-corrected chi connectivity index (χ4v) is 1.16. The summed E-state index contributed by atoms with van der Waals surface area (Å²) in [5.74, 6) is 0. The van der Waals surface area contributed by atoms with Crippen LogP contribution in [0.25, 0.3) is 6.08 Å². The van der Waals surface area contributed by atoms with Gasteiger partial charge in [0.2, 0.25) is 6.20 Å². The normalized spacial score (nSPS) is 10.6. The fourth-order valence-electron chi connectivity index (χ4n) is 0.828. The first-order valence-corrected chi connectivity index (χ1v) is 4.32. The van der Waals surface area contributed by atoms with Gasteiger partial charge in [-0.15, -0.1) is 0 Å². The SMILES string of the molecule is Cc1cncc(C=C[N+](=O)[O-])c1Br. The second kappa shape index (κ2) is 4.13. The molecule has 1 rings (SSSR count). The van der Waals surface area contributed by atoms with Gasteiger partial charge in [0.1, 0.15) is 0 Å². The molecular formula is C8H7BrN2O2. The molecule has 68 valence electrons. The fraction of sp³-hybridized carbons (Fsp3) is 0.125. The number of aromatic nitrogens is 1. The van der Waals surface area contributed by atoms with Crippen LogP contribution in [0, 0.1) is 17.0 Å². The Balaban J connectivity index is 3.02. The Kier molecular flexibility index (Phi) is 3.13. The van der Waals surface area contributed by atoms with Crippen LogP contribution in [-0.2, 0) is 0 Å². The van der Waals surface area contributed by atoms with Crippen molar-refractivity contribution in [3.05, 3.63) is 44.3 Å². The van der Waals surface area contributed by atoms with Crippen LogP contribution >= 0.6 is 15.9 Å². The lowest BCUT2D eigenvalue weighted by Gasteiger charge is -1.99. The first kappa shape index (κ1) is 9.85. The molecule has 0 unspecified atom stereocenters. The van der Waals surface area contributed by atoms with Gasteiger partial charge in [0.25, 0.3) is 0 Å². The highest BCUT2D eigenvalue weighted by atomic mass is 79.9. The molecule has 0 bridgehead atoms. The van der Waals surface area contributed by atoms with Gasteiger partial charge in [0, 0.05) is 28.5 Å². The number of halogens is 1. The molecule has 0 aromatic carbocycles. The Morgan fingerprint density at radius 1 is 1.62 bits per heavy atom. The van der Waals surface area contributed by atoms with Crippen LogP contribution in [-0.4, -0.2) is 9.91 Å². The summed E-state index contributed by atoms with van der Waals surface area (Å²) in [7, 11) is 0. The average molecular weight is 243 g/mol. The Morgan fingerprint density at radius 3 is 2.92 bits per heavy atom. The molecule has 0 aliphatic heterocycles. The van der Waals surface area contributed by atoms with Gasteiger partial charge < -0.3 is 0 Å². The Morgan fingerprint density at radius 2 is 2.31 bits per heavy atom. The van der Waals surface area contributed by atoms with Crippen molar-refractivity contribution in [2.24, 2.45) is 0 Å². The molecule has 5 heteroatoms. The van der Waals surface area contributed by atoms with Gasteiger partial charge in [-0.05, 0) is 28.4 Å². The van der Waals surface area contributed by atoms with E-state index in [2.05, 4.69) is 20.9 Å². The van der Waals surface area contributed by atoms with Crippen LogP contribution in [0.4, 0.5) is 0 Å². The van der Waals surface area contributed by atoms with Crippen molar-refractivity contribution < 1.29 is 4.92 Å². The average Bonchev–Trinajstić information content (AvgIpc) is 2.07. The summed E-state index contributed by atoms with van der Waals surface area (Å²) in [5.41, 5.74) is 1.65. The highest BCUT2D eigenvalue weighted by Gasteiger charge is 2.00. The van der Waals surface area contributed by atoms with Gasteiger partial charge in [0.15, 0.2) is 0 Å². The summed E-state index contributed by atoms with van der Waals surface area (Å²) in [5, 5.41) is 10.1. The van der Waals surface area contributed by atoms with E-state index in [0.717, 1.165) is 16.2 Å². The molecule has 13 heavy (non-hydrogen) atoms. The van der Waals surface area contributed by atoms with Crippen LogP contribution < -0.4 is 0 Å². The van der Waals surface area contributed by atoms with Crippen molar-refractivity contribution in [2.45, 2.75) is 6.92 Å². The predicted molar refractivity (Wildman–Crippen MR) is 52.7 cm³/mol. The number of hydrogen-bond donors (Lipinski definition) is 0. The van der Waals surface area contributed by atoms with Crippen molar-refractivity contribution in [2.75, 3.05) is 0 Å². The van der Waals surface area contributed by atoms with E-state index < -0.39 is 4.92 Å². The zero-order valence-corrected chi connectivity index (χ0v) is 8.48. The summed E-state index contributed by atoms with van der Waals surface area (Å²) in [6.07, 6.45) is 5.55. The quantitative estimate of drug-likeness (QED) is 0.591. The first-order chi connectivity index (χ1) is 6.11. The van der Waals surface area contributed by atoms with Crippen molar-refractivity contribution in [3.63, 3.8) is 0 Å². The van der Waals surface area contributed by atoms with Gasteiger partial charge >= 0.3 is 0 Å². The Hall–Kier alpha value is -1.23. The van der Waals surface area contributed by atoms with Crippen molar-refractivity contribution in [1.82, 2.24) is 4.98 Å². The number of aryl methyl sites for hydroxylation is 1. The predicted octanol–water partition coefficient (Wildman–Crippen LogP) is 2.40. The van der Waals surface area contributed by atoms with Crippen LogP contribution in [0.15, 0.2) is 23.1 Å². The summed E-state index contributed by atoms with van der Waals surface area (Å²) >= 11 is 3.32. The summed E-state index contributed by atoms with van der Waals surface area (Å²) in [6, 6.07) is 0. The minimum Gasteiger partial charge on any atom is -0.264 e. The smallest absolute Gasteiger partial charge is 0.235 e. The van der Waals surface area contributed by atoms with E-state index in [1.165, 1.54) is 6.08 Å². The van der Waals surface area contributed by atoms with Gasteiger partial charge in [-0.3, -0.25) is 15.1 Å². The standard InChI is InChI=1S/C8H7BrN2O2/c1-6-4-10-5-7(8(6)9)2-3-11(12)13/h2-5H,1H3. The molecule has 4 nitrogen and oxygen atoms in total. The third-order valence-corrected chi connectivity index (χ3v) is 2.54. The van der Waals surface area contributed by atoms with E-state index in [1.807, 2.05) is 6.92 Å². The molecule has 0 spiro atoms. The van der Waals surface area contributed by atoms with E-state index in [9.17, 15) is 10.1 Å². The molecule has 0 N–H and O–H groups in total. The molecule has 0 atom stereocenters. The maximum Gasteiger partial charge on any atom is 0.235 e. The monoisotopic (exact) mass is 242 g/mol. The number of nitrogens with zero attached hydrogens (tertiary/aromatic N) is 2. The highest BCUT2D eigenvalue weighted by Crippen LogP contribution is 2.20. The third kappa shape index (κ3) is 2.62. The second-order valence-electron chi connectivity index (χ2n) is 2.46. The van der Waals surface area contributed by atoms with Crippen LogP contribution in [0.3, 0.4) is 0 Å². The zero-order valence-electron chi connectivity index (χ0n) is 6.90. The van der Waals surface area contributed by atoms with E-state index in [-0.39, 0.29) is 0 Å². The van der Waals surface area contributed by atoms with Gasteiger partial charge in [0.05, 0.1) is 4.92 Å². The zero-order chi connectivity index (χ0) is 9.84. The van der Waals surface area contributed by atoms with Crippen molar-refractivity contribution in [3.8, 4) is 0 Å². The largest absolute Gasteiger partial charge is 0.264 e. The van der Waals surface area contributed by atoms with Crippen LogP contribution in [0.5, 0.6) is 0 Å². The second-order valence-corrected chi connectivity index (χ2v) is 3.25. The van der Waals surface area contributed by atoms with Crippen LogP contribution in [0.1, 0.15) is 11.1 Å². The van der Waals surface area contributed by atoms with Crippen LogP contribution in [0.2, 0.25) is 0 Å². The Labute approximate surface area is 83.6 Å². The summed E-state index contributed by atoms with van der Waals surface area (Å²) in [4.78, 5) is 13.5. The van der Waals surface area contributed by atoms with E-state index >= 15 is 0 Å². The lowest BCUT2D eigenvalue weighted by molar-refractivity contribution is -0.400. The molecule has 0 amide bonds. The maximum absolute atomic E-state index is 10.1. The molecule has 1 aromatic rings. The summed E-state index contributed by atoms with van der Waals surface area (Å²) in [6.45, 7) is 1.88. The first-order valence-electron chi connectivity index (χ1n) is 3.53. The molecule has 1 aromatic heterocycles. The molecule has 0 saturated heterocycles. The maximum atomic E-state index is 10.1. The summed E-state index contributed by atoms with van der Waals surface area (Å²) < 4.78 is 0.834. The lowest BCUT2D eigenvalue weighted by Crippen LogP contribution is -1.86. The molecule has 0 aliphatic carbocycles. The molecule has 0 fully saturated rings. The van der Waals surface area contributed by atoms with Gasteiger partial charge in [-0.1, -0.05) is 0 Å². The molecule has 0 saturated carbocycles. The topological polar surface area (TPSA) is 56.0 Å². The Bertz CT molecular complexity index is 363. The number of rotatable bonds is 2. The molecule has 1 heterocycles. The third-order valence-electron chi connectivity index (χ3n) is 1.46. The van der Waals surface area contributed by atoms with Crippen molar-refractivity contribution in [1.29, 1.82) is 0 Å². The van der Waals surface area contributed by atoms with E-state index in [4.69, 9.17) is 0 Å². The number of pyridine rings is 1. The highest BCUT2D eigenvalue weighted by molar-refractivity contribution is 9.10. The minimum absolute atomic E-state index is 0.505. The van der Waals surface area contributed by atoms with Crippen molar-refractivity contribution >= 4 is 22.0 Å².